The fourth-order valence-corrected chi connectivity index (χ4v) is 3.43. The maximum absolute atomic E-state index is 12.8. The summed E-state index contributed by atoms with van der Waals surface area (Å²) < 4.78 is 6.41. The fourth-order valence-electron chi connectivity index (χ4n) is 3.43. The minimum atomic E-state index is -0.718. The van der Waals surface area contributed by atoms with Gasteiger partial charge in [0.25, 0.3) is 5.91 Å². The highest BCUT2D eigenvalue weighted by Gasteiger charge is 2.38. The first-order chi connectivity index (χ1) is 14.1. The predicted molar refractivity (Wildman–Crippen MR) is 110 cm³/mol. The van der Waals surface area contributed by atoms with Crippen LogP contribution in [0.5, 0.6) is 5.88 Å². The molecule has 0 unspecified atom stereocenters. The molecular weight excluding hydrogens is 368 g/mol. The standard InChI is InChI=1S/C23H20N2O4/c1-2-3-14-29-23(28)25-20(16-12-8-5-9-13-16)18-17(22(25)27)19(24-21(18)26)15-10-6-4-7-11-15/h4-13,27H,2-3,14H2,1H3. The Labute approximate surface area is 168 Å². The van der Waals surface area contributed by atoms with E-state index in [9.17, 15) is 14.7 Å². The van der Waals surface area contributed by atoms with Crippen LogP contribution in [-0.2, 0) is 4.74 Å². The van der Waals surface area contributed by atoms with E-state index in [2.05, 4.69) is 4.99 Å². The molecule has 1 N–H and O–H groups in total. The van der Waals surface area contributed by atoms with Gasteiger partial charge in [-0.15, -0.1) is 0 Å². The summed E-state index contributed by atoms with van der Waals surface area (Å²) in [7, 11) is 0. The molecule has 1 aliphatic rings. The maximum Gasteiger partial charge on any atom is 0.421 e. The van der Waals surface area contributed by atoms with Crippen LogP contribution in [0.3, 0.4) is 0 Å². The van der Waals surface area contributed by atoms with E-state index in [1.807, 2.05) is 31.2 Å². The van der Waals surface area contributed by atoms with Crippen LogP contribution in [0.4, 0.5) is 4.79 Å². The molecule has 0 atom stereocenters. The summed E-state index contributed by atoms with van der Waals surface area (Å²) in [5, 5.41) is 11.0. The first-order valence-electron chi connectivity index (χ1n) is 9.52. The molecule has 1 amide bonds. The fraction of sp³-hybridized carbons (Fsp3) is 0.174. The first kappa shape index (κ1) is 18.7. The number of aromatic nitrogens is 1. The molecule has 6 nitrogen and oxygen atoms in total. The van der Waals surface area contributed by atoms with Crippen molar-refractivity contribution in [2.75, 3.05) is 6.61 Å². The van der Waals surface area contributed by atoms with E-state index in [0.29, 0.717) is 29.0 Å². The number of benzene rings is 2. The third-order valence-electron chi connectivity index (χ3n) is 4.81. The molecule has 1 aliphatic heterocycles. The van der Waals surface area contributed by atoms with Crippen molar-refractivity contribution in [3.8, 4) is 17.1 Å². The van der Waals surface area contributed by atoms with Crippen molar-refractivity contribution in [3.05, 3.63) is 77.4 Å². The number of aromatic hydroxyl groups is 1. The number of carbonyl (C=O) groups is 2. The van der Waals surface area contributed by atoms with E-state index in [1.54, 1.807) is 36.4 Å². The molecule has 3 aromatic rings. The lowest BCUT2D eigenvalue weighted by Gasteiger charge is -2.11. The number of amides is 1. The number of unbranched alkanes of at least 4 members (excludes halogenated alkanes) is 1. The summed E-state index contributed by atoms with van der Waals surface area (Å²) >= 11 is 0. The van der Waals surface area contributed by atoms with E-state index in [1.165, 1.54) is 0 Å². The molecule has 0 saturated heterocycles. The van der Waals surface area contributed by atoms with Gasteiger partial charge in [0.05, 0.1) is 29.1 Å². The van der Waals surface area contributed by atoms with Crippen LogP contribution in [-0.4, -0.2) is 34.0 Å². The minimum Gasteiger partial charge on any atom is -0.494 e. The van der Waals surface area contributed by atoms with Crippen LogP contribution in [0.2, 0.25) is 0 Å². The van der Waals surface area contributed by atoms with Crippen molar-refractivity contribution in [1.29, 1.82) is 0 Å². The zero-order valence-electron chi connectivity index (χ0n) is 16.0. The number of rotatable bonds is 5. The van der Waals surface area contributed by atoms with E-state index in [-0.39, 0.29) is 23.6 Å². The highest BCUT2D eigenvalue weighted by atomic mass is 16.6. The molecule has 2 heterocycles. The molecular formula is C23H20N2O4. The van der Waals surface area contributed by atoms with Gasteiger partial charge in [-0.05, 0) is 12.0 Å². The third kappa shape index (κ3) is 3.23. The Morgan fingerprint density at radius 2 is 1.62 bits per heavy atom. The second kappa shape index (κ2) is 7.75. The van der Waals surface area contributed by atoms with E-state index in [4.69, 9.17) is 4.74 Å². The predicted octanol–water partition coefficient (Wildman–Crippen LogP) is 4.64. The Morgan fingerprint density at radius 1 is 1.00 bits per heavy atom. The van der Waals surface area contributed by atoms with E-state index in [0.717, 1.165) is 11.0 Å². The average molecular weight is 388 g/mol. The Balaban J connectivity index is 1.91. The molecule has 0 radical (unpaired) electrons. The maximum atomic E-state index is 12.8. The van der Waals surface area contributed by atoms with Gasteiger partial charge in [0.2, 0.25) is 5.88 Å². The van der Waals surface area contributed by atoms with Crippen LogP contribution in [0.25, 0.3) is 11.3 Å². The van der Waals surface area contributed by atoms with Crippen molar-refractivity contribution >= 4 is 17.7 Å². The second-order valence-electron chi connectivity index (χ2n) is 6.72. The SMILES string of the molecule is CCCCOC(=O)n1c(O)c2c(c1-c1ccccc1)C(=O)N=C2c1ccccc1. The van der Waals surface area contributed by atoms with Gasteiger partial charge in [-0.3, -0.25) is 4.79 Å². The molecule has 0 bridgehead atoms. The molecule has 0 aliphatic carbocycles. The summed E-state index contributed by atoms with van der Waals surface area (Å²) in [6.45, 7) is 2.23. The Morgan fingerprint density at radius 3 is 2.24 bits per heavy atom. The zero-order chi connectivity index (χ0) is 20.4. The number of carbonyl (C=O) groups excluding carboxylic acids is 2. The van der Waals surface area contributed by atoms with Gasteiger partial charge in [0.15, 0.2) is 0 Å². The molecule has 29 heavy (non-hydrogen) atoms. The Bertz CT molecular complexity index is 1100. The molecule has 0 fully saturated rings. The molecule has 0 spiro atoms. The van der Waals surface area contributed by atoms with E-state index >= 15 is 0 Å². The van der Waals surface area contributed by atoms with Gasteiger partial charge in [-0.2, -0.15) is 0 Å². The van der Waals surface area contributed by atoms with Crippen LogP contribution in [0.15, 0.2) is 65.7 Å². The summed E-state index contributed by atoms with van der Waals surface area (Å²) in [6, 6.07) is 18.1. The number of ether oxygens (including phenoxy) is 1. The summed E-state index contributed by atoms with van der Waals surface area (Å²) in [6.07, 6.45) is 0.865. The quantitative estimate of drug-likeness (QED) is 0.646. The smallest absolute Gasteiger partial charge is 0.421 e. The van der Waals surface area contributed by atoms with Crippen LogP contribution >= 0.6 is 0 Å². The van der Waals surface area contributed by atoms with Gasteiger partial charge < -0.3 is 9.84 Å². The summed E-state index contributed by atoms with van der Waals surface area (Å²) in [4.78, 5) is 29.8. The van der Waals surface area contributed by atoms with Crippen molar-refractivity contribution in [2.24, 2.45) is 4.99 Å². The molecule has 2 aromatic carbocycles. The number of aliphatic imine (C=N–C) groups is 1. The highest BCUT2D eigenvalue weighted by Crippen LogP contribution is 2.41. The second-order valence-corrected chi connectivity index (χ2v) is 6.72. The Kier molecular flexibility index (Phi) is 4.99. The largest absolute Gasteiger partial charge is 0.494 e. The molecule has 1 aromatic heterocycles. The lowest BCUT2D eigenvalue weighted by atomic mass is 10.0. The lowest BCUT2D eigenvalue weighted by molar-refractivity contribution is 0.101. The first-order valence-corrected chi connectivity index (χ1v) is 9.52. The van der Waals surface area contributed by atoms with Crippen molar-refractivity contribution < 1.29 is 19.4 Å². The molecule has 6 heteroatoms. The number of fused-ring (bicyclic) bond motifs is 1. The minimum absolute atomic E-state index is 0.208. The van der Waals surface area contributed by atoms with E-state index < -0.39 is 12.0 Å². The number of nitrogens with zero attached hydrogens (tertiary/aromatic N) is 2. The Hall–Kier alpha value is -3.67. The third-order valence-corrected chi connectivity index (χ3v) is 4.81. The number of hydrogen-bond acceptors (Lipinski definition) is 4. The van der Waals surface area contributed by atoms with Crippen LogP contribution in [0.1, 0.15) is 41.3 Å². The average Bonchev–Trinajstić information content (AvgIpc) is 3.25. The van der Waals surface area contributed by atoms with Gasteiger partial charge in [-0.25, -0.2) is 14.4 Å². The van der Waals surface area contributed by atoms with Gasteiger partial charge in [0.1, 0.15) is 0 Å². The number of hydrogen-bond donors (Lipinski definition) is 1. The highest BCUT2D eigenvalue weighted by molar-refractivity contribution is 6.31. The van der Waals surface area contributed by atoms with Crippen molar-refractivity contribution in [3.63, 3.8) is 0 Å². The van der Waals surface area contributed by atoms with Gasteiger partial charge >= 0.3 is 6.09 Å². The molecule has 0 saturated carbocycles. The van der Waals surface area contributed by atoms with Gasteiger partial charge in [0, 0.05) is 5.56 Å². The monoisotopic (exact) mass is 388 g/mol. The summed E-state index contributed by atoms with van der Waals surface area (Å²) in [5.74, 6) is -0.832. The lowest BCUT2D eigenvalue weighted by Crippen LogP contribution is -2.16. The zero-order valence-corrected chi connectivity index (χ0v) is 16.0. The topological polar surface area (TPSA) is 80.9 Å². The van der Waals surface area contributed by atoms with Crippen LogP contribution in [0, 0.1) is 0 Å². The van der Waals surface area contributed by atoms with Crippen molar-refractivity contribution in [1.82, 2.24) is 4.57 Å². The molecule has 146 valence electrons. The van der Waals surface area contributed by atoms with Crippen molar-refractivity contribution in [2.45, 2.75) is 19.8 Å². The summed E-state index contributed by atoms with van der Waals surface area (Å²) in [5.41, 5.74) is 2.41. The normalized spacial score (nSPS) is 12.6. The molecule has 4 rings (SSSR count). The van der Waals surface area contributed by atoms with Crippen LogP contribution < -0.4 is 0 Å². The van der Waals surface area contributed by atoms with Gasteiger partial charge in [-0.1, -0.05) is 74.0 Å².